The number of ether oxygens (including phenoxy) is 2. The van der Waals surface area contributed by atoms with Gasteiger partial charge in [0.1, 0.15) is 0 Å². The summed E-state index contributed by atoms with van der Waals surface area (Å²) >= 11 is 6.30. The van der Waals surface area contributed by atoms with E-state index < -0.39 is 5.79 Å². The summed E-state index contributed by atoms with van der Waals surface area (Å²) in [6.07, 6.45) is 1.72. The van der Waals surface area contributed by atoms with Gasteiger partial charge in [0.2, 0.25) is 0 Å². The number of halogens is 1. The number of methoxy groups -OCH3 is 2. The summed E-state index contributed by atoms with van der Waals surface area (Å²) in [5.41, 5.74) is 5.68. The van der Waals surface area contributed by atoms with E-state index in [1.165, 1.54) is 5.56 Å². The fraction of sp³-hybridized carbons (Fsp3) is 0.375. The molecule has 3 aromatic rings. The van der Waals surface area contributed by atoms with Crippen LogP contribution in [0.2, 0.25) is 5.02 Å². The van der Waals surface area contributed by atoms with Gasteiger partial charge in [-0.05, 0) is 29.8 Å². The molecule has 162 valence electrons. The third kappa shape index (κ3) is 3.64. The van der Waals surface area contributed by atoms with Crippen molar-refractivity contribution in [3.8, 4) is 11.3 Å². The highest BCUT2D eigenvalue weighted by Crippen LogP contribution is 2.35. The Labute approximate surface area is 186 Å². The van der Waals surface area contributed by atoms with Gasteiger partial charge in [0.25, 0.3) is 5.91 Å². The monoisotopic (exact) mass is 439 g/mol. The molecule has 2 aliphatic heterocycles. The zero-order chi connectivity index (χ0) is 21.6. The molecule has 1 amide bonds. The first-order valence-corrected chi connectivity index (χ1v) is 10.9. The summed E-state index contributed by atoms with van der Waals surface area (Å²) in [7, 11) is 3.44. The fourth-order valence-electron chi connectivity index (χ4n) is 4.76. The molecule has 2 N–H and O–H groups in total. The molecule has 0 unspecified atom stereocenters. The Morgan fingerprint density at radius 2 is 1.87 bits per heavy atom. The molecule has 0 aliphatic carbocycles. The van der Waals surface area contributed by atoms with Crippen LogP contribution in [0.4, 0.5) is 0 Å². The van der Waals surface area contributed by atoms with Crippen molar-refractivity contribution >= 4 is 28.4 Å². The number of carbonyl (C=O) groups is 1. The molecule has 0 atom stereocenters. The first-order valence-electron chi connectivity index (χ1n) is 10.6. The van der Waals surface area contributed by atoms with Crippen molar-refractivity contribution in [3.63, 3.8) is 0 Å². The number of hydrogen-bond acceptors (Lipinski definition) is 4. The van der Waals surface area contributed by atoms with Crippen LogP contribution in [0.1, 0.15) is 34.3 Å². The molecule has 31 heavy (non-hydrogen) atoms. The largest absolute Gasteiger partial charge is 0.355 e. The number of rotatable bonds is 5. The molecular formula is C24H26ClN3O3. The lowest BCUT2D eigenvalue weighted by Gasteiger charge is -2.39. The van der Waals surface area contributed by atoms with Gasteiger partial charge in [0, 0.05) is 86.0 Å². The van der Waals surface area contributed by atoms with E-state index in [1.807, 2.05) is 12.1 Å². The molecule has 1 fully saturated rings. The van der Waals surface area contributed by atoms with Gasteiger partial charge < -0.3 is 19.8 Å². The number of amides is 1. The van der Waals surface area contributed by atoms with E-state index in [9.17, 15) is 4.79 Å². The number of hydrogen-bond donors (Lipinski definition) is 2. The Morgan fingerprint density at radius 3 is 2.61 bits per heavy atom. The Balaban J connectivity index is 1.39. The predicted molar refractivity (Wildman–Crippen MR) is 121 cm³/mol. The van der Waals surface area contributed by atoms with E-state index >= 15 is 0 Å². The molecule has 2 aromatic carbocycles. The quantitative estimate of drug-likeness (QED) is 0.581. The van der Waals surface area contributed by atoms with Crippen molar-refractivity contribution in [1.82, 2.24) is 15.2 Å². The highest BCUT2D eigenvalue weighted by molar-refractivity contribution is 6.32. The molecule has 1 aromatic heterocycles. The third-order valence-electron chi connectivity index (χ3n) is 6.65. The molecule has 0 radical (unpaired) electrons. The van der Waals surface area contributed by atoms with Crippen molar-refractivity contribution in [2.75, 3.05) is 27.3 Å². The standard InChI is InChI=1S/C24H26ClN3O3/c1-30-24(31-2)7-9-28(10-8-24)14-15-3-6-20-16(11-15)12-21(27-20)17-4-5-19(25)18-13-26-23(29)22(17)18/h3-6,11-12,27H,7-10,13-14H2,1-2H3,(H,26,29). The van der Waals surface area contributed by atoms with Gasteiger partial charge in [0.15, 0.2) is 5.79 Å². The van der Waals surface area contributed by atoms with Gasteiger partial charge in [0.05, 0.1) is 5.56 Å². The Kier molecular flexibility index (Phi) is 5.26. The number of nitrogens with zero attached hydrogens (tertiary/aromatic N) is 1. The summed E-state index contributed by atoms with van der Waals surface area (Å²) in [5.74, 6) is -0.513. The lowest BCUT2D eigenvalue weighted by molar-refractivity contribution is -0.229. The first-order chi connectivity index (χ1) is 15.0. The van der Waals surface area contributed by atoms with Crippen LogP contribution < -0.4 is 5.32 Å². The Hall–Kier alpha value is -2.38. The van der Waals surface area contributed by atoms with Crippen LogP contribution in [0.15, 0.2) is 36.4 Å². The molecule has 1 saturated heterocycles. The van der Waals surface area contributed by atoms with Gasteiger partial charge >= 0.3 is 0 Å². The van der Waals surface area contributed by atoms with Crippen molar-refractivity contribution in [3.05, 3.63) is 58.1 Å². The highest BCUT2D eigenvalue weighted by Gasteiger charge is 2.34. The maximum atomic E-state index is 12.4. The number of H-pyrrole nitrogens is 1. The normalized spacial score (nSPS) is 18.4. The summed E-state index contributed by atoms with van der Waals surface area (Å²) in [4.78, 5) is 18.3. The van der Waals surface area contributed by atoms with Crippen molar-refractivity contribution < 1.29 is 14.3 Å². The molecule has 0 bridgehead atoms. The summed E-state index contributed by atoms with van der Waals surface area (Å²) in [5, 5.41) is 4.64. The molecule has 5 rings (SSSR count). The van der Waals surface area contributed by atoms with Gasteiger partial charge in [-0.1, -0.05) is 23.7 Å². The van der Waals surface area contributed by atoms with E-state index in [0.717, 1.165) is 60.2 Å². The lowest BCUT2D eigenvalue weighted by atomic mass is 10.0. The second kappa shape index (κ2) is 7.95. The number of piperidine rings is 1. The van der Waals surface area contributed by atoms with Crippen molar-refractivity contribution in [2.24, 2.45) is 0 Å². The molecule has 7 heteroatoms. The smallest absolute Gasteiger partial charge is 0.252 e. The van der Waals surface area contributed by atoms with Gasteiger partial charge in [-0.2, -0.15) is 0 Å². The predicted octanol–water partition coefficient (Wildman–Crippen LogP) is 4.32. The zero-order valence-electron chi connectivity index (χ0n) is 17.8. The summed E-state index contributed by atoms with van der Waals surface area (Å²) < 4.78 is 11.2. The number of benzene rings is 2. The van der Waals surface area contributed by atoms with Crippen molar-refractivity contribution in [1.29, 1.82) is 0 Å². The Bertz CT molecular complexity index is 1140. The first kappa shape index (κ1) is 20.5. The molecule has 3 heterocycles. The van der Waals surface area contributed by atoms with Crippen molar-refractivity contribution in [2.45, 2.75) is 31.7 Å². The number of aromatic nitrogens is 1. The molecule has 2 aliphatic rings. The van der Waals surface area contributed by atoms with Gasteiger partial charge in [-0.3, -0.25) is 9.69 Å². The number of carbonyl (C=O) groups excluding carboxylic acids is 1. The second-order valence-electron chi connectivity index (χ2n) is 8.33. The topological polar surface area (TPSA) is 66.6 Å². The average molecular weight is 440 g/mol. The van der Waals surface area contributed by atoms with E-state index in [-0.39, 0.29) is 5.91 Å². The Morgan fingerprint density at radius 1 is 1.10 bits per heavy atom. The zero-order valence-corrected chi connectivity index (χ0v) is 18.5. The maximum Gasteiger partial charge on any atom is 0.252 e. The number of aromatic amines is 1. The molecular weight excluding hydrogens is 414 g/mol. The van der Waals surface area contributed by atoms with Crippen LogP contribution in [-0.2, 0) is 22.6 Å². The fourth-order valence-corrected chi connectivity index (χ4v) is 4.99. The SMILES string of the molecule is COC1(OC)CCN(Cc2ccc3[nH]c(-c4ccc(Cl)c5c4C(=O)NC5)cc3c2)CC1. The van der Waals surface area contributed by atoms with Crippen LogP contribution in [0.25, 0.3) is 22.2 Å². The van der Waals surface area contributed by atoms with E-state index in [1.54, 1.807) is 14.2 Å². The van der Waals surface area contributed by atoms with E-state index in [0.29, 0.717) is 17.1 Å². The van der Waals surface area contributed by atoms with Gasteiger partial charge in [-0.25, -0.2) is 0 Å². The number of fused-ring (bicyclic) bond motifs is 2. The summed E-state index contributed by atoms with van der Waals surface area (Å²) in [6.45, 7) is 3.24. The van der Waals surface area contributed by atoms with E-state index in [2.05, 4.69) is 39.5 Å². The minimum absolute atomic E-state index is 0.0693. The minimum Gasteiger partial charge on any atom is -0.355 e. The lowest BCUT2D eigenvalue weighted by Crippen LogP contribution is -2.46. The molecule has 6 nitrogen and oxygen atoms in total. The van der Waals surface area contributed by atoms with Crippen LogP contribution in [0.3, 0.4) is 0 Å². The molecule has 0 spiro atoms. The molecule has 0 saturated carbocycles. The summed E-state index contributed by atoms with van der Waals surface area (Å²) in [6, 6.07) is 12.4. The van der Waals surface area contributed by atoms with Crippen LogP contribution in [0.5, 0.6) is 0 Å². The maximum absolute atomic E-state index is 12.4. The highest BCUT2D eigenvalue weighted by atomic mass is 35.5. The van der Waals surface area contributed by atoms with Crippen LogP contribution >= 0.6 is 11.6 Å². The number of nitrogens with one attached hydrogen (secondary N) is 2. The van der Waals surface area contributed by atoms with Crippen LogP contribution in [0, 0.1) is 0 Å². The average Bonchev–Trinajstić information content (AvgIpc) is 3.39. The second-order valence-corrected chi connectivity index (χ2v) is 8.74. The third-order valence-corrected chi connectivity index (χ3v) is 7.01. The van der Waals surface area contributed by atoms with Gasteiger partial charge in [-0.15, -0.1) is 0 Å². The van der Waals surface area contributed by atoms with E-state index in [4.69, 9.17) is 21.1 Å². The van der Waals surface area contributed by atoms with Crippen LogP contribution in [-0.4, -0.2) is 48.9 Å². The minimum atomic E-state index is -0.443. The number of likely N-dealkylation sites (tertiary alicyclic amines) is 1.